The Bertz CT molecular complexity index is 1300. The van der Waals surface area contributed by atoms with Gasteiger partial charge in [0.15, 0.2) is 0 Å². The molecule has 1 heterocycles. The van der Waals surface area contributed by atoms with Crippen LogP contribution in [0.2, 0.25) is 0 Å². The SMILES string of the molecule is Cc1ccccc1COc1ccc(/C(O)=C2/C(=O)C(=O)N(CCCN(C)C)C2c2ccc(O)cc2)cc1. The first-order valence-electron chi connectivity index (χ1n) is 12.3. The number of hydrogen-bond acceptors (Lipinski definition) is 6. The highest BCUT2D eigenvalue weighted by atomic mass is 16.5. The number of rotatable bonds is 9. The Hall–Kier alpha value is -4.10. The number of aromatic hydroxyl groups is 1. The zero-order valence-corrected chi connectivity index (χ0v) is 21.3. The number of likely N-dealkylation sites (tertiary alicyclic amines) is 1. The number of amides is 1. The molecule has 0 aromatic heterocycles. The molecule has 1 amide bonds. The molecule has 1 unspecified atom stereocenters. The minimum Gasteiger partial charge on any atom is -0.508 e. The number of hydrogen-bond donors (Lipinski definition) is 2. The normalized spacial score (nSPS) is 17.0. The summed E-state index contributed by atoms with van der Waals surface area (Å²) < 4.78 is 5.90. The van der Waals surface area contributed by atoms with E-state index in [4.69, 9.17) is 4.74 Å². The smallest absolute Gasteiger partial charge is 0.295 e. The monoisotopic (exact) mass is 500 g/mol. The van der Waals surface area contributed by atoms with Crippen molar-refractivity contribution in [2.45, 2.75) is 26.0 Å². The topological polar surface area (TPSA) is 90.3 Å². The van der Waals surface area contributed by atoms with Crippen molar-refractivity contribution in [3.63, 3.8) is 0 Å². The number of phenols is 1. The number of carbonyl (C=O) groups is 2. The first kappa shape index (κ1) is 26.0. The second-order valence-electron chi connectivity index (χ2n) is 9.48. The molecule has 1 aliphatic rings. The summed E-state index contributed by atoms with van der Waals surface area (Å²) in [4.78, 5) is 29.7. The second kappa shape index (κ2) is 11.3. The van der Waals surface area contributed by atoms with Gasteiger partial charge in [0.25, 0.3) is 11.7 Å². The minimum atomic E-state index is -0.750. The summed E-state index contributed by atoms with van der Waals surface area (Å²) in [6, 6.07) is 20.4. The Kier molecular flexibility index (Phi) is 7.94. The summed E-state index contributed by atoms with van der Waals surface area (Å²) in [6.07, 6.45) is 0.668. The molecule has 192 valence electrons. The fourth-order valence-corrected chi connectivity index (χ4v) is 4.47. The van der Waals surface area contributed by atoms with Crippen molar-refractivity contribution >= 4 is 17.4 Å². The van der Waals surface area contributed by atoms with Gasteiger partial charge in [-0.05, 0) is 87.1 Å². The summed E-state index contributed by atoms with van der Waals surface area (Å²) in [7, 11) is 3.89. The maximum atomic E-state index is 13.1. The third kappa shape index (κ3) is 5.84. The van der Waals surface area contributed by atoms with Crippen molar-refractivity contribution in [2.75, 3.05) is 27.2 Å². The predicted octanol–water partition coefficient (Wildman–Crippen LogP) is 4.65. The molecule has 7 heteroatoms. The number of aryl methyl sites for hydroxylation is 1. The molecule has 4 rings (SSSR count). The number of aliphatic hydroxyl groups excluding tert-OH is 1. The lowest BCUT2D eigenvalue weighted by atomic mass is 9.95. The van der Waals surface area contributed by atoms with Gasteiger partial charge in [-0.15, -0.1) is 0 Å². The van der Waals surface area contributed by atoms with Crippen LogP contribution in [0.1, 0.15) is 34.7 Å². The standard InChI is InChI=1S/C30H32N2O5/c1-20-7-4-5-8-23(20)19-37-25-15-11-22(12-16-25)28(34)26-27(21-9-13-24(33)14-10-21)32(30(36)29(26)35)18-6-17-31(2)3/h4-5,7-16,27,33-34H,6,17-19H2,1-3H3/b28-26-. The third-order valence-corrected chi connectivity index (χ3v) is 6.54. The Balaban J connectivity index is 1.63. The number of benzene rings is 3. The van der Waals surface area contributed by atoms with E-state index in [1.54, 1.807) is 36.4 Å². The highest BCUT2D eigenvalue weighted by molar-refractivity contribution is 6.46. The van der Waals surface area contributed by atoms with E-state index < -0.39 is 17.7 Å². The largest absolute Gasteiger partial charge is 0.508 e. The molecule has 37 heavy (non-hydrogen) atoms. The highest BCUT2D eigenvalue weighted by Crippen LogP contribution is 2.40. The van der Waals surface area contributed by atoms with E-state index in [1.165, 1.54) is 17.0 Å². The van der Waals surface area contributed by atoms with Gasteiger partial charge in [0, 0.05) is 12.1 Å². The minimum absolute atomic E-state index is 0.0362. The van der Waals surface area contributed by atoms with E-state index in [1.807, 2.05) is 50.2 Å². The summed E-state index contributed by atoms with van der Waals surface area (Å²) in [6.45, 7) is 3.54. The van der Waals surface area contributed by atoms with Gasteiger partial charge in [-0.25, -0.2) is 0 Å². The number of phenolic OH excluding ortho intramolecular Hbond substituents is 1. The van der Waals surface area contributed by atoms with Crippen molar-refractivity contribution in [1.82, 2.24) is 9.80 Å². The number of ether oxygens (including phenoxy) is 1. The lowest BCUT2D eigenvalue weighted by Crippen LogP contribution is -2.32. The fraction of sp³-hybridized carbons (Fsp3) is 0.267. The Morgan fingerprint density at radius 1 is 0.973 bits per heavy atom. The average molecular weight is 501 g/mol. The van der Waals surface area contributed by atoms with Gasteiger partial charge in [0.2, 0.25) is 0 Å². The molecule has 0 spiro atoms. The summed E-state index contributed by atoms with van der Waals surface area (Å²) in [5.74, 6) is -0.900. The summed E-state index contributed by atoms with van der Waals surface area (Å²) in [5.41, 5.74) is 3.31. The van der Waals surface area contributed by atoms with Crippen LogP contribution in [0.4, 0.5) is 0 Å². The van der Waals surface area contributed by atoms with Gasteiger partial charge < -0.3 is 24.7 Å². The zero-order chi connectivity index (χ0) is 26.5. The van der Waals surface area contributed by atoms with Crippen molar-refractivity contribution in [2.24, 2.45) is 0 Å². The van der Waals surface area contributed by atoms with Crippen LogP contribution in [0.15, 0.2) is 78.4 Å². The number of nitrogens with zero attached hydrogens (tertiary/aromatic N) is 2. The third-order valence-electron chi connectivity index (χ3n) is 6.54. The molecule has 0 bridgehead atoms. The number of Topliss-reactive ketones (excluding diaryl/α,β-unsaturated/α-hetero) is 1. The molecule has 2 N–H and O–H groups in total. The molecule has 0 saturated carbocycles. The van der Waals surface area contributed by atoms with E-state index in [2.05, 4.69) is 0 Å². The second-order valence-corrected chi connectivity index (χ2v) is 9.48. The molecule has 7 nitrogen and oxygen atoms in total. The van der Waals surface area contributed by atoms with Crippen molar-refractivity contribution in [3.05, 3.63) is 101 Å². The number of ketones is 1. The number of carbonyl (C=O) groups excluding carboxylic acids is 2. The molecule has 0 aliphatic carbocycles. The fourth-order valence-electron chi connectivity index (χ4n) is 4.47. The van der Waals surface area contributed by atoms with Crippen molar-refractivity contribution in [3.8, 4) is 11.5 Å². The molecule has 1 saturated heterocycles. The van der Waals surface area contributed by atoms with Gasteiger partial charge in [-0.1, -0.05) is 36.4 Å². The Morgan fingerprint density at radius 2 is 1.65 bits per heavy atom. The van der Waals surface area contributed by atoms with Gasteiger partial charge >= 0.3 is 0 Å². The maximum absolute atomic E-state index is 13.1. The van der Waals surface area contributed by atoms with Gasteiger partial charge in [-0.2, -0.15) is 0 Å². The molecule has 3 aromatic rings. The van der Waals surface area contributed by atoms with Crippen LogP contribution in [0.5, 0.6) is 11.5 Å². The van der Waals surface area contributed by atoms with Crippen LogP contribution in [0, 0.1) is 6.92 Å². The molecule has 1 aliphatic heterocycles. The van der Waals surface area contributed by atoms with Crippen molar-refractivity contribution in [1.29, 1.82) is 0 Å². The lowest BCUT2D eigenvalue weighted by Gasteiger charge is -2.26. The van der Waals surface area contributed by atoms with Gasteiger partial charge in [0.05, 0.1) is 11.6 Å². The van der Waals surface area contributed by atoms with Crippen LogP contribution >= 0.6 is 0 Å². The van der Waals surface area contributed by atoms with Crippen LogP contribution in [0.25, 0.3) is 5.76 Å². The van der Waals surface area contributed by atoms with Crippen LogP contribution in [0.3, 0.4) is 0 Å². The molecule has 0 radical (unpaired) electrons. The Morgan fingerprint density at radius 3 is 2.30 bits per heavy atom. The first-order chi connectivity index (χ1) is 17.8. The lowest BCUT2D eigenvalue weighted by molar-refractivity contribution is -0.139. The van der Waals surface area contributed by atoms with Gasteiger partial charge in [0.1, 0.15) is 23.9 Å². The summed E-state index contributed by atoms with van der Waals surface area (Å²) >= 11 is 0. The first-order valence-corrected chi connectivity index (χ1v) is 12.3. The van der Waals surface area contributed by atoms with E-state index in [0.29, 0.717) is 36.4 Å². The molecule has 1 fully saturated rings. The summed E-state index contributed by atoms with van der Waals surface area (Å²) in [5, 5.41) is 21.0. The molecular weight excluding hydrogens is 468 g/mol. The predicted molar refractivity (Wildman–Crippen MR) is 142 cm³/mol. The zero-order valence-electron chi connectivity index (χ0n) is 21.3. The molecule has 3 aromatic carbocycles. The quantitative estimate of drug-likeness (QED) is 0.253. The van der Waals surface area contributed by atoms with Crippen LogP contribution in [-0.4, -0.2) is 58.9 Å². The highest BCUT2D eigenvalue weighted by Gasteiger charge is 2.45. The van der Waals surface area contributed by atoms with Gasteiger partial charge in [-0.3, -0.25) is 9.59 Å². The van der Waals surface area contributed by atoms with E-state index in [0.717, 1.165) is 17.7 Å². The average Bonchev–Trinajstić information content (AvgIpc) is 3.13. The van der Waals surface area contributed by atoms with E-state index >= 15 is 0 Å². The van der Waals surface area contributed by atoms with Crippen LogP contribution in [-0.2, 0) is 16.2 Å². The van der Waals surface area contributed by atoms with E-state index in [9.17, 15) is 19.8 Å². The van der Waals surface area contributed by atoms with E-state index in [-0.39, 0.29) is 17.1 Å². The molecule has 1 atom stereocenters. The van der Waals surface area contributed by atoms with Crippen LogP contribution < -0.4 is 4.74 Å². The Labute approximate surface area is 217 Å². The molecular formula is C30H32N2O5. The van der Waals surface area contributed by atoms with Crippen molar-refractivity contribution < 1.29 is 24.5 Å². The number of aliphatic hydroxyl groups is 1. The maximum Gasteiger partial charge on any atom is 0.295 e.